The standard InChI is InChI=1S/C22H27N3O3.ClH/c1-28-19-9-5-8-18(14-19)16-21(26)24-10-12-25(13-11-24)22(27)20(23)15-17-6-3-2-4-7-17;/h2-9,14,20H,10-13,15-16,23H2,1H3;1H/t20-;/m0./s1. The number of carbonyl (C=O) groups is 2. The van der Waals surface area contributed by atoms with Gasteiger partial charge in [0.15, 0.2) is 0 Å². The van der Waals surface area contributed by atoms with Gasteiger partial charge < -0.3 is 20.3 Å². The van der Waals surface area contributed by atoms with Crippen molar-refractivity contribution in [3.05, 3.63) is 65.7 Å². The second-order valence-corrected chi connectivity index (χ2v) is 7.03. The molecule has 0 saturated carbocycles. The highest BCUT2D eigenvalue weighted by atomic mass is 35.5. The Morgan fingerprint density at radius 2 is 1.59 bits per heavy atom. The zero-order valence-corrected chi connectivity index (χ0v) is 17.4. The molecule has 0 aromatic heterocycles. The van der Waals surface area contributed by atoms with Gasteiger partial charge in [0.2, 0.25) is 11.8 Å². The number of carbonyl (C=O) groups excluding carboxylic acids is 2. The Labute approximate surface area is 178 Å². The first-order chi connectivity index (χ1) is 13.6. The van der Waals surface area contributed by atoms with Crippen LogP contribution in [-0.4, -0.2) is 60.9 Å². The smallest absolute Gasteiger partial charge is 0.239 e. The Morgan fingerprint density at radius 3 is 2.24 bits per heavy atom. The molecular weight excluding hydrogens is 390 g/mol. The molecule has 2 N–H and O–H groups in total. The van der Waals surface area contributed by atoms with Crippen molar-refractivity contribution in [1.29, 1.82) is 0 Å². The third kappa shape index (κ3) is 6.21. The van der Waals surface area contributed by atoms with Crippen LogP contribution in [0.5, 0.6) is 5.75 Å². The molecule has 0 radical (unpaired) electrons. The first-order valence-corrected chi connectivity index (χ1v) is 9.56. The molecule has 6 nitrogen and oxygen atoms in total. The molecule has 1 fully saturated rings. The van der Waals surface area contributed by atoms with Gasteiger partial charge in [-0.05, 0) is 29.7 Å². The fourth-order valence-electron chi connectivity index (χ4n) is 3.43. The number of amides is 2. The monoisotopic (exact) mass is 417 g/mol. The lowest BCUT2D eigenvalue weighted by Gasteiger charge is -2.36. The van der Waals surface area contributed by atoms with Gasteiger partial charge in [0.1, 0.15) is 5.75 Å². The van der Waals surface area contributed by atoms with E-state index in [2.05, 4.69) is 0 Å². The van der Waals surface area contributed by atoms with Crippen LogP contribution in [0.25, 0.3) is 0 Å². The zero-order valence-electron chi connectivity index (χ0n) is 16.6. The normalized spacial score (nSPS) is 14.7. The van der Waals surface area contributed by atoms with Gasteiger partial charge in [0.25, 0.3) is 0 Å². The number of hydrogen-bond donors (Lipinski definition) is 1. The van der Waals surface area contributed by atoms with E-state index < -0.39 is 6.04 Å². The summed E-state index contributed by atoms with van der Waals surface area (Å²) in [6.07, 6.45) is 0.854. The average Bonchev–Trinajstić information content (AvgIpc) is 2.74. The summed E-state index contributed by atoms with van der Waals surface area (Å²) >= 11 is 0. The van der Waals surface area contributed by atoms with Crippen LogP contribution in [0.15, 0.2) is 54.6 Å². The third-order valence-corrected chi connectivity index (χ3v) is 5.05. The molecule has 156 valence electrons. The molecule has 2 amide bonds. The minimum atomic E-state index is -0.554. The van der Waals surface area contributed by atoms with Gasteiger partial charge in [-0.3, -0.25) is 9.59 Å². The van der Waals surface area contributed by atoms with Crippen molar-refractivity contribution in [2.24, 2.45) is 5.73 Å². The highest BCUT2D eigenvalue weighted by Crippen LogP contribution is 2.15. The van der Waals surface area contributed by atoms with Crippen LogP contribution >= 0.6 is 12.4 Å². The number of rotatable bonds is 6. The van der Waals surface area contributed by atoms with Gasteiger partial charge in [-0.2, -0.15) is 0 Å². The van der Waals surface area contributed by atoms with Gasteiger partial charge in [0.05, 0.1) is 19.6 Å². The van der Waals surface area contributed by atoms with E-state index in [1.54, 1.807) is 12.0 Å². The highest BCUT2D eigenvalue weighted by Gasteiger charge is 2.27. The molecule has 7 heteroatoms. The molecule has 1 atom stereocenters. The number of halogens is 1. The van der Waals surface area contributed by atoms with Crippen LogP contribution < -0.4 is 10.5 Å². The Hall–Kier alpha value is -2.57. The van der Waals surface area contributed by atoms with Gasteiger partial charge in [-0.1, -0.05) is 42.5 Å². The summed E-state index contributed by atoms with van der Waals surface area (Å²) in [5.74, 6) is 0.755. The number of hydrogen-bond acceptors (Lipinski definition) is 4. The second-order valence-electron chi connectivity index (χ2n) is 7.03. The van der Waals surface area contributed by atoms with Crippen molar-refractivity contribution in [1.82, 2.24) is 9.80 Å². The van der Waals surface area contributed by atoms with Crippen molar-refractivity contribution in [3.8, 4) is 5.75 Å². The van der Waals surface area contributed by atoms with E-state index in [4.69, 9.17) is 10.5 Å². The van der Waals surface area contributed by atoms with Crippen LogP contribution in [0.3, 0.4) is 0 Å². The lowest BCUT2D eigenvalue weighted by Crippen LogP contribution is -2.54. The molecule has 0 aliphatic carbocycles. The Morgan fingerprint density at radius 1 is 0.966 bits per heavy atom. The van der Waals surface area contributed by atoms with Crippen LogP contribution in [0, 0.1) is 0 Å². The molecule has 0 spiro atoms. The minimum absolute atomic E-state index is 0. The predicted octanol–water partition coefficient (Wildman–Crippen LogP) is 1.90. The molecule has 1 aliphatic rings. The van der Waals surface area contributed by atoms with E-state index >= 15 is 0 Å². The molecule has 1 saturated heterocycles. The topological polar surface area (TPSA) is 75.9 Å². The lowest BCUT2D eigenvalue weighted by atomic mass is 10.1. The number of ether oxygens (including phenoxy) is 1. The van der Waals surface area contributed by atoms with E-state index in [0.29, 0.717) is 39.0 Å². The van der Waals surface area contributed by atoms with E-state index in [1.165, 1.54) is 0 Å². The number of nitrogens with two attached hydrogens (primary N) is 1. The summed E-state index contributed by atoms with van der Waals surface area (Å²) in [4.78, 5) is 28.8. The molecule has 3 rings (SSSR count). The molecule has 1 heterocycles. The van der Waals surface area contributed by atoms with Gasteiger partial charge in [-0.25, -0.2) is 0 Å². The van der Waals surface area contributed by atoms with Crippen molar-refractivity contribution in [2.75, 3.05) is 33.3 Å². The largest absolute Gasteiger partial charge is 0.497 e. The van der Waals surface area contributed by atoms with Gasteiger partial charge in [0, 0.05) is 26.2 Å². The third-order valence-electron chi connectivity index (χ3n) is 5.05. The summed E-state index contributed by atoms with van der Waals surface area (Å²) in [5, 5.41) is 0. The van der Waals surface area contributed by atoms with E-state index in [9.17, 15) is 9.59 Å². The summed E-state index contributed by atoms with van der Waals surface area (Å²) in [5.41, 5.74) is 8.10. The molecule has 0 unspecified atom stereocenters. The highest BCUT2D eigenvalue weighted by molar-refractivity contribution is 5.85. The van der Waals surface area contributed by atoms with Crippen LogP contribution in [0.2, 0.25) is 0 Å². The number of piperazine rings is 1. The van der Waals surface area contributed by atoms with Gasteiger partial charge in [-0.15, -0.1) is 12.4 Å². The molecular formula is C22H28ClN3O3. The number of methoxy groups -OCH3 is 1. The summed E-state index contributed by atoms with van der Waals surface area (Å²) in [6.45, 7) is 2.11. The first-order valence-electron chi connectivity index (χ1n) is 9.56. The second kappa shape index (κ2) is 10.8. The van der Waals surface area contributed by atoms with Crippen molar-refractivity contribution < 1.29 is 14.3 Å². The molecule has 0 bridgehead atoms. The van der Waals surface area contributed by atoms with Crippen LogP contribution in [0.4, 0.5) is 0 Å². The molecule has 1 aliphatic heterocycles. The molecule has 29 heavy (non-hydrogen) atoms. The zero-order chi connectivity index (χ0) is 19.9. The van der Waals surface area contributed by atoms with Crippen molar-refractivity contribution in [2.45, 2.75) is 18.9 Å². The Bertz CT molecular complexity index is 808. The Kier molecular flexibility index (Phi) is 8.49. The van der Waals surface area contributed by atoms with Crippen molar-refractivity contribution in [3.63, 3.8) is 0 Å². The summed E-state index contributed by atoms with van der Waals surface area (Å²) in [6, 6.07) is 16.8. The minimum Gasteiger partial charge on any atom is -0.497 e. The van der Waals surface area contributed by atoms with Gasteiger partial charge >= 0.3 is 0 Å². The average molecular weight is 418 g/mol. The van der Waals surface area contributed by atoms with E-state index in [1.807, 2.05) is 59.5 Å². The number of nitrogens with zero attached hydrogens (tertiary/aromatic N) is 2. The molecule has 2 aromatic carbocycles. The molecule has 2 aromatic rings. The SMILES string of the molecule is COc1cccc(CC(=O)N2CCN(C(=O)[C@@H](N)Cc3ccccc3)CC2)c1.Cl. The van der Waals surface area contributed by atoms with Crippen LogP contribution in [0.1, 0.15) is 11.1 Å². The summed E-state index contributed by atoms with van der Waals surface area (Å²) in [7, 11) is 1.61. The lowest BCUT2D eigenvalue weighted by molar-refractivity contribution is -0.140. The quantitative estimate of drug-likeness (QED) is 0.778. The maximum absolute atomic E-state index is 12.6. The van der Waals surface area contributed by atoms with E-state index in [0.717, 1.165) is 16.9 Å². The van der Waals surface area contributed by atoms with E-state index in [-0.39, 0.29) is 24.2 Å². The van der Waals surface area contributed by atoms with Crippen LogP contribution in [-0.2, 0) is 22.4 Å². The first kappa shape index (κ1) is 22.7. The number of benzene rings is 2. The summed E-state index contributed by atoms with van der Waals surface area (Å²) < 4.78 is 5.21. The Balaban J connectivity index is 0.00000300. The fourth-order valence-corrected chi connectivity index (χ4v) is 3.43. The maximum atomic E-state index is 12.6. The predicted molar refractivity (Wildman–Crippen MR) is 115 cm³/mol. The fraction of sp³-hybridized carbons (Fsp3) is 0.364. The van der Waals surface area contributed by atoms with Crippen molar-refractivity contribution >= 4 is 24.2 Å². The maximum Gasteiger partial charge on any atom is 0.239 e.